The number of aliphatic hydroxyl groups is 1. The molecule has 0 amide bonds. The number of esters is 1. The van der Waals surface area contributed by atoms with Gasteiger partial charge in [-0.2, -0.15) is 0 Å². The van der Waals surface area contributed by atoms with Crippen molar-refractivity contribution < 1.29 is 24.1 Å². The van der Waals surface area contributed by atoms with Crippen LogP contribution in [0, 0.1) is 6.92 Å². The second-order valence-corrected chi connectivity index (χ2v) is 10.1. The highest BCUT2D eigenvalue weighted by atomic mass is 16.5. The molecule has 1 aliphatic carbocycles. The average molecular weight is 527 g/mol. The van der Waals surface area contributed by atoms with Crippen LogP contribution in [0.2, 0.25) is 0 Å². The first-order valence-electron chi connectivity index (χ1n) is 13.0. The SMILES string of the molecule is COCC(COC)n1c(-c2cc(C)c(=O)n(C)c2)nc2cc(CNC(C(=O)OC3CCC3)C(C)O)ccc21. The average Bonchev–Trinajstić information content (AvgIpc) is 3.23. The van der Waals surface area contributed by atoms with E-state index in [4.69, 9.17) is 19.2 Å². The third-order valence-corrected chi connectivity index (χ3v) is 7.06. The van der Waals surface area contributed by atoms with E-state index in [9.17, 15) is 14.7 Å². The van der Waals surface area contributed by atoms with Crippen LogP contribution in [0.4, 0.5) is 0 Å². The Hall–Kier alpha value is -3.05. The Morgan fingerprint density at radius 1 is 1.21 bits per heavy atom. The molecule has 1 aliphatic rings. The first kappa shape index (κ1) is 28.0. The van der Waals surface area contributed by atoms with Crippen molar-refractivity contribution in [3.63, 3.8) is 0 Å². The molecule has 0 aliphatic heterocycles. The van der Waals surface area contributed by atoms with Crippen molar-refractivity contribution in [1.29, 1.82) is 0 Å². The first-order valence-corrected chi connectivity index (χ1v) is 13.0. The zero-order valence-electron chi connectivity index (χ0n) is 22.8. The number of aryl methyl sites for hydroxylation is 2. The summed E-state index contributed by atoms with van der Waals surface area (Å²) in [5, 5.41) is 13.4. The fraction of sp³-hybridized carbons (Fsp3) is 0.536. The molecule has 38 heavy (non-hydrogen) atoms. The highest BCUT2D eigenvalue weighted by Gasteiger charge is 2.30. The number of hydrogen-bond donors (Lipinski definition) is 2. The molecule has 1 aromatic carbocycles. The van der Waals surface area contributed by atoms with Gasteiger partial charge in [-0.25, -0.2) is 4.98 Å². The van der Waals surface area contributed by atoms with Crippen LogP contribution in [0.1, 0.15) is 43.4 Å². The molecule has 0 bridgehead atoms. The maximum atomic E-state index is 12.6. The Balaban J connectivity index is 1.68. The summed E-state index contributed by atoms with van der Waals surface area (Å²) in [6.07, 6.45) is 3.66. The van der Waals surface area contributed by atoms with Crippen molar-refractivity contribution in [3.05, 3.63) is 51.9 Å². The molecular weight excluding hydrogens is 488 g/mol. The smallest absolute Gasteiger partial charge is 0.326 e. The lowest BCUT2D eigenvalue weighted by Crippen LogP contribution is -2.47. The summed E-state index contributed by atoms with van der Waals surface area (Å²) in [4.78, 5) is 29.9. The summed E-state index contributed by atoms with van der Waals surface area (Å²) in [5.41, 5.74) is 3.94. The minimum Gasteiger partial charge on any atom is -0.461 e. The maximum Gasteiger partial charge on any atom is 0.326 e. The maximum absolute atomic E-state index is 12.6. The van der Waals surface area contributed by atoms with Gasteiger partial charge in [-0.1, -0.05) is 6.07 Å². The van der Waals surface area contributed by atoms with Gasteiger partial charge in [0.2, 0.25) is 0 Å². The lowest BCUT2D eigenvalue weighted by Gasteiger charge is -2.28. The summed E-state index contributed by atoms with van der Waals surface area (Å²) >= 11 is 0. The molecule has 10 heteroatoms. The van der Waals surface area contributed by atoms with Crippen LogP contribution in [-0.4, -0.2) is 70.9 Å². The van der Waals surface area contributed by atoms with Gasteiger partial charge in [0.25, 0.3) is 5.56 Å². The minimum atomic E-state index is -0.895. The fourth-order valence-electron chi connectivity index (χ4n) is 4.81. The molecule has 2 N–H and O–H groups in total. The van der Waals surface area contributed by atoms with E-state index < -0.39 is 18.1 Å². The van der Waals surface area contributed by atoms with Crippen LogP contribution < -0.4 is 10.9 Å². The number of ether oxygens (including phenoxy) is 3. The predicted molar refractivity (Wildman–Crippen MR) is 144 cm³/mol. The van der Waals surface area contributed by atoms with E-state index in [1.807, 2.05) is 24.3 Å². The summed E-state index contributed by atoms with van der Waals surface area (Å²) in [6.45, 7) is 4.56. The van der Waals surface area contributed by atoms with E-state index in [2.05, 4.69) is 9.88 Å². The number of aromatic nitrogens is 3. The Morgan fingerprint density at radius 2 is 1.92 bits per heavy atom. The normalized spacial score (nSPS) is 15.6. The number of carbonyl (C=O) groups is 1. The van der Waals surface area contributed by atoms with Crippen molar-refractivity contribution in [2.75, 3.05) is 27.4 Å². The van der Waals surface area contributed by atoms with Crippen molar-refractivity contribution >= 4 is 17.0 Å². The summed E-state index contributed by atoms with van der Waals surface area (Å²) in [5.74, 6) is 0.276. The predicted octanol–water partition coefficient (Wildman–Crippen LogP) is 2.48. The number of pyridine rings is 1. The molecule has 0 radical (unpaired) electrons. The second kappa shape index (κ2) is 12.2. The second-order valence-electron chi connectivity index (χ2n) is 10.1. The van der Waals surface area contributed by atoms with Crippen LogP contribution in [-0.2, 0) is 32.6 Å². The lowest BCUT2D eigenvalue weighted by atomic mass is 9.96. The monoisotopic (exact) mass is 526 g/mol. The quantitative estimate of drug-likeness (QED) is 0.346. The Bertz CT molecular complexity index is 1290. The van der Waals surface area contributed by atoms with Crippen LogP contribution in [0.5, 0.6) is 0 Å². The summed E-state index contributed by atoms with van der Waals surface area (Å²) in [7, 11) is 5.03. The zero-order chi connectivity index (χ0) is 27.4. The molecule has 2 aromatic heterocycles. The van der Waals surface area contributed by atoms with Gasteiger partial charge < -0.3 is 28.5 Å². The largest absolute Gasteiger partial charge is 0.461 e. The Labute approximate surface area is 222 Å². The molecular formula is C28H38N4O6. The number of rotatable bonds is 12. The Kier molecular flexibility index (Phi) is 8.99. The van der Waals surface area contributed by atoms with Gasteiger partial charge in [0.15, 0.2) is 0 Å². The topological polar surface area (TPSA) is 117 Å². The Morgan fingerprint density at radius 3 is 2.50 bits per heavy atom. The minimum absolute atomic E-state index is 0.0439. The van der Waals surface area contributed by atoms with Gasteiger partial charge in [0, 0.05) is 45.1 Å². The van der Waals surface area contributed by atoms with Crippen LogP contribution in [0.15, 0.2) is 35.3 Å². The van der Waals surface area contributed by atoms with Crippen LogP contribution in [0.25, 0.3) is 22.4 Å². The molecule has 2 heterocycles. The van der Waals surface area contributed by atoms with E-state index in [1.165, 1.54) is 0 Å². The van der Waals surface area contributed by atoms with Gasteiger partial charge in [0.1, 0.15) is 18.0 Å². The third-order valence-electron chi connectivity index (χ3n) is 7.06. The van der Waals surface area contributed by atoms with E-state index in [1.54, 1.807) is 45.9 Å². The van der Waals surface area contributed by atoms with Gasteiger partial charge in [-0.3, -0.25) is 14.9 Å². The fourth-order valence-corrected chi connectivity index (χ4v) is 4.81. The molecule has 10 nitrogen and oxygen atoms in total. The molecule has 0 spiro atoms. The number of imidazole rings is 1. The van der Waals surface area contributed by atoms with Crippen molar-refractivity contribution in [2.24, 2.45) is 7.05 Å². The van der Waals surface area contributed by atoms with Gasteiger partial charge in [0.05, 0.1) is 36.4 Å². The molecule has 1 saturated carbocycles. The number of hydrogen-bond acceptors (Lipinski definition) is 8. The van der Waals surface area contributed by atoms with Gasteiger partial charge in [-0.05, 0) is 56.9 Å². The van der Waals surface area contributed by atoms with E-state index in [0.29, 0.717) is 31.1 Å². The lowest BCUT2D eigenvalue weighted by molar-refractivity contribution is -0.158. The number of benzene rings is 1. The number of nitrogens with zero attached hydrogens (tertiary/aromatic N) is 3. The molecule has 206 valence electrons. The highest BCUT2D eigenvalue weighted by Crippen LogP contribution is 2.30. The van der Waals surface area contributed by atoms with Crippen molar-refractivity contribution in [3.8, 4) is 11.4 Å². The molecule has 1 fully saturated rings. The number of methoxy groups -OCH3 is 2. The van der Waals surface area contributed by atoms with Crippen LogP contribution in [0.3, 0.4) is 0 Å². The summed E-state index contributed by atoms with van der Waals surface area (Å²) < 4.78 is 20.2. The van der Waals surface area contributed by atoms with Gasteiger partial charge >= 0.3 is 5.97 Å². The van der Waals surface area contributed by atoms with E-state index in [0.717, 1.165) is 41.4 Å². The first-order chi connectivity index (χ1) is 18.2. The van der Waals surface area contributed by atoms with Crippen LogP contribution >= 0.6 is 0 Å². The van der Waals surface area contributed by atoms with E-state index >= 15 is 0 Å². The number of nitrogens with one attached hydrogen (secondary N) is 1. The molecule has 0 saturated heterocycles. The molecule has 2 unspecified atom stereocenters. The standard InChI is InChI=1S/C28H38N4O6/c1-17-11-20(14-31(3)27(17)34)26-30-23-12-19(9-10-24(23)32(26)21(15-36-4)16-37-5)13-29-25(18(2)33)28(35)38-22-7-6-8-22/h9-12,14,18,21-22,25,29,33H,6-8,13,15-16H2,1-5H3. The van der Waals surface area contributed by atoms with Crippen molar-refractivity contribution in [2.45, 2.75) is 63.9 Å². The highest BCUT2D eigenvalue weighted by molar-refractivity contribution is 5.82. The molecule has 4 rings (SSSR count). The molecule has 2 atom stereocenters. The zero-order valence-corrected chi connectivity index (χ0v) is 22.8. The van der Waals surface area contributed by atoms with Gasteiger partial charge in [-0.15, -0.1) is 0 Å². The number of aliphatic hydroxyl groups excluding tert-OH is 1. The number of fused-ring (bicyclic) bond motifs is 1. The number of carbonyl (C=O) groups excluding carboxylic acids is 1. The van der Waals surface area contributed by atoms with Crippen molar-refractivity contribution in [1.82, 2.24) is 19.4 Å². The van der Waals surface area contributed by atoms with E-state index in [-0.39, 0.29) is 17.7 Å². The third kappa shape index (κ3) is 5.99. The summed E-state index contributed by atoms with van der Waals surface area (Å²) in [6, 6.07) is 6.80. The molecule has 3 aromatic rings.